The molecule has 2 aromatic carbocycles. The largest absolute Gasteiger partial charge is 0.339 e. The molecule has 0 aliphatic carbocycles. The van der Waals surface area contributed by atoms with Gasteiger partial charge in [-0.1, -0.05) is 38.1 Å². The number of amides is 2. The van der Waals surface area contributed by atoms with Gasteiger partial charge in [0.25, 0.3) is 5.91 Å². The third kappa shape index (κ3) is 5.53. The van der Waals surface area contributed by atoms with Crippen molar-refractivity contribution in [2.45, 2.75) is 40.2 Å². The van der Waals surface area contributed by atoms with Crippen LogP contribution in [-0.2, 0) is 11.3 Å². The van der Waals surface area contributed by atoms with Crippen molar-refractivity contribution in [3.05, 3.63) is 59.7 Å². The fourth-order valence-electron chi connectivity index (χ4n) is 3.16. The van der Waals surface area contributed by atoms with E-state index in [0.717, 1.165) is 5.56 Å². The zero-order chi connectivity index (χ0) is 22.4. The number of aromatic nitrogens is 4. The number of tetrazole rings is 1. The average molecular weight is 421 g/mol. The maximum absolute atomic E-state index is 12.4. The quantitative estimate of drug-likeness (QED) is 0.601. The highest BCUT2D eigenvalue weighted by Crippen LogP contribution is 2.19. The maximum Gasteiger partial charge on any atom is 0.253 e. The van der Waals surface area contributed by atoms with Gasteiger partial charge in [-0.3, -0.25) is 9.59 Å². The van der Waals surface area contributed by atoms with Crippen molar-refractivity contribution in [2.75, 3.05) is 18.4 Å². The zero-order valence-corrected chi connectivity index (χ0v) is 18.4. The number of hydrogen-bond donors (Lipinski definition) is 1. The van der Waals surface area contributed by atoms with Crippen LogP contribution in [0.25, 0.3) is 11.4 Å². The summed E-state index contributed by atoms with van der Waals surface area (Å²) >= 11 is 0. The maximum atomic E-state index is 12.4. The van der Waals surface area contributed by atoms with E-state index in [1.807, 2.05) is 38.1 Å². The molecule has 0 radical (unpaired) electrons. The van der Waals surface area contributed by atoms with Crippen LogP contribution in [0.15, 0.2) is 48.5 Å². The fraction of sp³-hybridized carbons (Fsp3) is 0.348. The first-order valence-corrected chi connectivity index (χ1v) is 10.5. The molecular formula is C23H28N6O2. The summed E-state index contributed by atoms with van der Waals surface area (Å²) in [6.45, 7) is 9.42. The molecule has 3 aromatic rings. The SMILES string of the molecule is CCN(CC)C(=O)c1ccc(NC(=O)Cn2nnc(-c3ccc(C(C)C)cc3)n2)cc1. The highest BCUT2D eigenvalue weighted by molar-refractivity contribution is 5.95. The summed E-state index contributed by atoms with van der Waals surface area (Å²) in [6, 6.07) is 14.8. The van der Waals surface area contributed by atoms with Crippen LogP contribution in [0.2, 0.25) is 0 Å². The van der Waals surface area contributed by atoms with E-state index < -0.39 is 0 Å². The van der Waals surface area contributed by atoms with Crippen LogP contribution < -0.4 is 5.32 Å². The molecule has 0 bridgehead atoms. The molecule has 0 spiro atoms. The Kier molecular flexibility index (Phi) is 7.12. The Morgan fingerprint density at radius 2 is 1.65 bits per heavy atom. The van der Waals surface area contributed by atoms with E-state index in [9.17, 15) is 9.59 Å². The number of rotatable bonds is 8. The molecule has 0 aliphatic rings. The molecule has 8 heteroatoms. The molecule has 0 aliphatic heterocycles. The summed E-state index contributed by atoms with van der Waals surface area (Å²) < 4.78 is 0. The second kappa shape index (κ2) is 9.97. The minimum atomic E-state index is -0.276. The lowest BCUT2D eigenvalue weighted by Gasteiger charge is -2.18. The molecule has 31 heavy (non-hydrogen) atoms. The van der Waals surface area contributed by atoms with Crippen LogP contribution in [0, 0.1) is 0 Å². The van der Waals surface area contributed by atoms with E-state index in [2.05, 4.69) is 34.6 Å². The molecule has 0 saturated heterocycles. The Hall–Kier alpha value is -3.55. The minimum Gasteiger partial charge on any atom is -0.339 e. The number of hydrogen-bond acceptors (Lipinski definition) is 5. The van der Waals surface area contributed by atoms with Crippen LogP contribution in [-0.4, -0.2) is 50.0 Å². The van der Waals surface area contributed by atoms with E-state index in [1.54, 1.807) is 29.2 Å². The average Bonchev–Trinajstić information content (AvgIpc) is 3.23. The smallest absolute Gasteiger partial charge is 0.253 e. The van der Waals surface area contributed by atoms with Crippen molar-refractivity contribution in [1.29, 1.82) is 0 Å². The van der Waals surface area contributed by atoms with Crippen LogP contribution in [0.5, 0.6) is 0 Å². The van der Waals surface area contributed by atoms with E-state index in [4.69, 9.17) is 0 Å². The summed E-state index contributed by atoms with van der Waals surface area (Å²) in [7, 11) is 0. The van der Waals surface area contributed by atoms with Gasteiger partial charge in [0, 0.05) is 29.9 Å². The van der Waals surface area contributed by atoms with Gasteiger partial charge in [-0.15, -0.1) is 10.2 Å². The lowest BCUT2D eigenvalue weighted by atomic mass is 10.0. The van der Waals surface area contributed by atoms with Gasteiger partial charge in [0.2, 0.25) is 11.7 Å². The van der Waals surface area contributed by atoms with Gasteiger partial charge in [-0.2, -0.15) is 4.80 Å². The molecule has 0 fully saturated rings. The van der Waals surface area contributed by atoms with E-state index >= 15 is 0 Å². The lowest BCUT2D eigenvalue weighted by Crippen LogP contribution is -2.30. The predicted molar refractivity (Wildman–Crippen MR) is 120 cm³/mol. The number of nitrogens with one attached hydrogen (secondary N) is 1. The number of carbonyl (C=O) groups is 2. The molecule has 1 N–H and O–H groups in total. The predicted octanol–water partition coefficient (Wildman–Crippen LogP) is 3.58. The van der Waals surface area contributed by atoms with Crippen molar-refractivity contribution < 1.29 is 9.59 Å². The Labute approximate surface area is 182 Å². The monoisotopic (exact) mass is 420 g/mol. The third-order valence-electron chi connectivity index (χ3n) is 5.04. The summed E-state index contributed by atoms with van der Waals surface area (Å²) in [5, 5.41) is 15.1. The van der Waals surface area contributed by atoms with Crippen LogP contribution in [0.4, 0.5) is 5.69 Å². The fourth-order valence-corrected chi connectivity index (χ4v) is 3.16. The summed E-state index contributed by atoms with van der Waals surface area (Å²) in [5.41, 5.74) is 3.28. The second-order valence-electron chi connectivity index (χ2n) is 7.52. The molecule has 1 heterocycles. The Balaban J connectivity index is 1.59. The standard InChI is InChI=1S/C23H28N6O2/c1-5-28(6-2)23(31)19-11-13-20(14-12-19)24-21(30)15-29-26-22(25-27-29)18-9-7-17(8-10-18)16(3)4/h7-14,16H,5-6,15H2,1-4H3,(H,24,30). The number of nitrogens with zero attached hydrogens (tertiary/aromatic N) is 5. The number of benzene rings is 2. The summed E-state index contributed by atoms with van der Waals surface area (Å²) in [4.78, 5) is 27.7. The molecule has 1 aromatic heterocycles. The van der Waals surface area contributed by atoms with E-state index in [-0.39, 0.29) is 18.4 Å². The Bertz CT molecular complexity index is 1020. The van der Waals surface area contributed by atoms with Gasteiger partial charge in [-0.25, -0.2) is 0 Å². The molecule has 0 saturated carbocycles. The van der Waals surface area contributed by atoms with E-state index in [1.165, 1.54) is 10.4 Å². The van der Waals surface area contributed by atoms with E-state index in [0.29, 0.717) is 36.1 Å². The molecular weight excluding hydrogens is 392 g/mol. The second-order valence-corrected chi connectivity index (χ2v) is 7.52. The van der Waals surface area contributed by atoms with Crippen molar-refractivity contribution >= 4 is 17.5 Å². The summed E-state index contributed by atoms with van der Waals surface area (Å²) in [5.74, 6) is 0.624. The van der Waals surface area contributed by atoms with Crippen molar-refractivity contribution in [3.63, 3.8) is 0 Å². The lowest BCUT2D eigenvalue weighted by molar-refractivity contribution is -0.117. The molecule has 162 valence electrons. The number of carbonyl (C=O) groups excluding carboxylic acids is 2. The molecule has 0 unspecified atom stereocenters. The van der Waals surface area contributed by atoms with Crippen molar-refractivity contribution in [1.82, 2.24) is 25.1 Å². The van der Waals surface area contributed by atoms with Gasteiger partial charge >= 0.3 is 0 Å². The Morgan fingerprint density at radius 1 is 1.00 bits per heavy atom. The van der Waals surface area contributed by atoms with Crippen LogP contribution in [0.3, 0.4) is 0 Å². The minimum absolute atomic E-state index is 0.0244. The molecule has 3 rings (SSSR count). The highest BCUT2D eigenvalue weighted by atomic mass is 16.2. The first kappa shape index (κ1) is 22.1. The van der Waals surface area contributed by atoms with Crippen molar-refractivity contribution in [3.8, 4) is 11.4 Å². The highest BCUT2D eigenvalue weighted by Gasteiger charge is 2.13. The summed E-state index contributed by atoms with van der Waals surface area (Å²) in [6.07, 6.45) is 0. The van der Waals surface area contributed by atoms with Gasteiger partial charge in [0.1, 0.15) is 6.54 Å². The molecule has 2 amide bonds. The number of anilines is 1. The van der Waals surface area contributed by atoms with Gasteiger partial charge < -0.3 is 10.2 Å². The van der Waals surface area contributed by atoms with Gasteiger partial charge in [-0.05, 0) is 54.8 Å². The van der Waals surface area contributed by atoms with Crippen LogP contribution >= 0.6 is 0 Å². The Morgan fingerprint density at radius 3 is 2.23 bits per heavy atom. The third-order valence-corrected chi connectivity index (χ3v) is 5.04. The normalized spacial score (nSPS) is 10.9. The van der Waals surface area contributed by atoms with Crippen molar-refractivity contribution in [2.24, 2.45) is 0 Å². The molecule has 8 nitrogen and oxygen atoms in total. The molecule has 0 atom stereocenters. The van der Waals surface area contributed by atoms with Gasteiger partial charge in [0.05, 0.1) is 0 Å². The first-order valence-electron chi connectivity index (χ1n) is 10.5. The van der Waals surface area contributed by atoms with Crippen LogP contribution in [0.1, 0.15) is 49.5 Å². The van der Waals surface area contributed by atoms with Gasteiger partial charge in [0.15, 0.2) is 0 Å². The first-order chi connectivity index (χ1) is 14.9. The topological polar surface area (TPSA) is 93.0 Å². The zero-order valence-electron chi connectivity index (χ0n) is 18.4.